The quantitative estimate of drug-likeness (QED) is 0.897. The number of hydrogen-bond donors (Lipinski definition) is 1. The highest BCUT2D eigenvalue weighted by Crippen LogP contribution is 2.20. The first kappa shape index (κ1) is 13.6. The molecule has 1 fully saturated rings. The number of amides is 1. The molecule has 0 spiro atoms. The molecule has 0 bridgehead atoms. The highest BCUT2D eigenvalue weighted by Gasteiger charge is 2.29. The molecule has 0 aromatic carbocycles. The summed E-state index contributed by atoms with van der Waals surface area (Å²) in [4.78, 5) is 17.2. The normalized spacial score (nSPS) is 15.7. The number of likely N-dealkylation sites (tertiary alicyclic amines) is 1. The molecule has 1 aliphatic rings. The van der Waals surface area contributed by atoms with Crippen LogP contribution in [0.5, 0.6) is 5.75 Å². The smallest absolute Gasteiger partial charge is 0.267 e. The number of hydrogen-bond acceptors (Lipinski definition) is 5. The summed E-state index contributed by atoms with van der Waals surface area (Å²) in [5, 5.41) is 0. The summed E-state index contributed by atoms with van der Waals surface area (Å²) in [6.07, 6.45) is 1.64. The number of aryl methyl sites for hydroxylation is 1. The monoisotopic (exact) mass is 287 g/mol. The Morgan fingerprint density at radius 1 is 1.48 bits per heavy atom. The molecule has 2 N–H and O–H groups in total. The molecule has 3 rings (SSSR count). The van der Waals surface area contributed by atoms with Crippen LogP contribution in [0.15, 0.2) is 34.9 Å². The topological polar surface area (TPSA) is 81.6 Å². The van der Waals surface area contributed by atoms with E-state index >= 15 is 0 Å². The fourth-order valence-corrected chi connectivity index (χ4v) is 2.33. The number of carbonyl (C=O) groups excluding carboxylic acids is 1. The Labute approximate surface area is 122 Å². The van der Waals surface area contributed by atoms with E-state index in [2.05, 4.69) is 9.88 Å². The Kier molecular flexibility index (Phi) is 3.62. The van der Waals surface area contributed by atoms with Crippen molar-refractivity contribution in [3.63, 3.8) is 0 Å². The number of furan rings is 1. The second-order valence-corrected chi connectivity index (χ2v) is 5.19. The van der Waals surface area contributed by atoms with Gasteiger partial charge in [-0.2, -0.15) is 0 Å². The molecule has 1 amide bonds. The van der Waals surface area contributed by atoms with Crippen molar-refractivity contribution in [1.29, 1.82) is 0 Å². The van der Waals surface area contributed by atoms with Crippen LogP contribution < -0.4 is 10.5 Å². The third kappa shape index (κ3) is 3.22. The van der Waals surface area contributed by atoms with Crippen molar-refractivity contribution in [3.05, 3.63) is 47.7 Å². The van der Waals surface area contributed by atoms with E-state index in [1.54, 1.807) is 12.1 Å². The molecule has 110 valence electrons. The zero-order valence-corrected chi connectivity index (χ0v) is 11.8. The van der Waals surface area contributed by atoms with Crippen LogP contribution >= 0.6 is 0 Å². The molecule has 1 saturated heterocycles. The Balaban J connectivity index is 1.50. The van der Waals surface area contributed by atoms with Gasteiger partial charge < -0.3 is 14.9 Å². The summed E-state index contributed by atoms with van der Waals surface area (Å²) in [6, 6.07) is 7.25. The zero-order valence-electron chi connectivity index (χ0n) is 11.8. The van der Waals surface area contributed by atoms with Gasteiger partial charge in [-0.25, -0.2) is 0 Å². The van der Waals surface area contributed by atoms with E-state index in [4.69, 9.17) is 14.9 Å². The van der Waals surface area contributed by atoms with Crippen molar-refractivity contribution in [3.8, 4) is 5.75 Å². The molecule has 0 aliphatic carbocycles. The molecule has 21 heavy (non-hydrogen) atoms. The Morgan fingerprint density at radius 3 is 2.95 bits per heavy atom. The van der Waals surface area contributed by atoms with Crippen molar-refractivity contribution < 1.29 is 13.9 Å². The van der Waals surface area contributed by atoms with E-state index in [1.165, 1.54) is 6.20 Å². The van der Waals surface area contributed by atoms with Gasteiger partial charge in [0.1, 0.15) is 29.1 Å². The number of rotatable bonds is 5. The first-order valence-electron chi connectivity index (χ1n) is 6.80. The van der Waals surface area contributed by atoms with Gasteiger partial charge in [0.05, 0.1) is 6.54 Å². The molecule has 0 atom stereocenters. The highest BCUT2D eigenvalue weighted by molar-refractivity contribution is 5.91. The molecule has 2 aromatic rings. The summed E-state index contributed by atoms with van der Waals surface area (Å²) < 4.78 is 11.3. The average Bonchev–Trinajstić information content (AvgIpc) is 2.82. The van der Waals surface area contributed by atoms with E-state index in [1.807, 2.05) is 19.1 Å². The maximum Gasteiger partial charge on any atom is 0.267 e. The van der Waals surface area contributed by atoms with Gasteiger partial charge in [-0.1, -0.05) is 0 Å². The van der Waals surface area contributed by atoms with Crippen LogP contribution in [0.3, 0.4) is 0 Å². The van der Waals surface area contributed by atoms with Crippen LogP contribution in [-0.2, 0) is 6.54 Å². The first-order valence-corrected chi connectivity index (χ1v) is 6.80. The SMILES string of the molecule is Cc1ccc(CN2CC(Oc3ccnc(C(N)=O)c3)C2)o1. The molecule has 0 radical (unpaired) electrons. The van der Waals surface area contributed by atoms with Crippen LogP contribution in [0.2, 0.25) is 0 Å². The van der Waals surface area contributed by atoms with Gasteiger partial charge in [-0.3, -0.25) is 14.7 Å². The molecular formula is C15H17N3O3. The number of pyridine rings is 1. The van der Waals surface area contributed by atoms with Crippen LogP contribution in [0, 0.1) is 6.92 Å². The van der Waals surface area contributed by atoms with Crippen LogP contribution in [0.4, 0.5) is 0 Å². The van der Waals surface area contributed by atoms with Crippen LogP contribution in [0.1, 0.15) is 22.0 Å². The van der Waals surface area contributed by atoms with Gasteiger partial charge in [-0.05, 0) is 25.1 Å². The number of carbonyl (C=O) groups is 1. The summed E-state index contributed by atoms with van der Waals surface area (Å²) >= 11 is 0. The Hall–Kier alpha value is -2.34. The number of nitrogens with two attached hydrogens (primary N) is 1. The van der Waals surface area contributed by atoms with Gasteiger partial charge >= 0.3 is 0 Å². The molecule has 1 aliphatic heterocycles. The lowest BCUT2D eigenvalue weighted by Crippen LogP contribution is -2.53. The predicted molar refractivity (Wildman–Crippen MR) is 75.9 cm³/mol. The third-order valence-electron chi connectivity index (χ3n) is 3.39. The second kappa shape index (κ2) is 5.57. The lowest BCUT2D eigenvalue weighted by Gasteiger charge is -2.38. The van der Waals surface area contributed by atoms with Gasteiger partial charge in [0.2, 0.25) is 0 Å². The lowest BCUT2D eigenvalue weighted by molar-refractivity contribution is 0.0105. The van der Waals surface area contributed by atoms with Crippen molar-refractivity contribution in [2.45, 2.75) is 19.6 Å². The Bertz CT molecular complexity index is 647. The van der Waals surface area contributed by atoms with E-state index in [0.717, 1.165) is 31.2 Å². The standard InChI is InChI=1S/C15H17N3O3/c1-10-2-3-12(20-10)7-18-8-13(9-18)21-11-4-5-17-14(6-11)15(16)19/h2-6,13H,7-9H2,1H3,(H2,16,19). The van der Waals surface area contributed by atoms with Gasteiger partial charge in [0, 0.05) is 25.4 Å². The van der Waals surface area contributed by atoms with Crippen LogP contribution in [0.25, 0.3) is 0 Å². The zero-order chi connectivity index (χ0) is 14.8. The van der Waals surface area contributed by atoms with Crippen molar-refractivity contribution in [2.24, 2.45) is 5.73 Å². The fraction of sp³-hybridized carbons (Fsp3) is 0.333. The molecule has 0 saturated carbocycles. The van der Waals surface area contributed by atoms with E-state index < -0.39 is 5.91 Å². The maximum absolute atomic E-state index is 11.1. The number of primary amides is 1. The molecule has 3 heterocycles. The summed E-state index contributed by atoms with van der Waals surface area (Å²) in [5.74, 6) is 1.96. The summed E-state index contributed by atoms with van der Waals surface area (Å²) in [5.41, 5.74) is 5.41. The van der Waals surface area contributed by atoms with Crippen molar-refractivity contribution in [2.75, 3.05) is 13.1 Å². The fourth-order valence-electron chi connectivity index (χ4n) is 2.33. The van der Waals surface area contributed by atoms with Crippen molar-refractivity contribution >= 4 is 5.91 Å². The van der Waals surface area contributed by atoms with Crippen molar-refractivity contribution in [1.82, 2.24) is 9.88 Å². The molecular weight excluding hydrogens is 270 g/mol. The molecule has 6 nitrogen and oxygen atoms in total. The van der Waals surface area contributed by atoms with Crippen LogP contribution in [-0.4, -0.2) is 35.0 Å². The molecule has 0 unspecified atom stereocenters. The van der Waals surface area contributed by atoms with Gasteiger partial charge in [0.15, 0.2) is 0 Å². The third-order valence-corrected chi connectivity index (χ3v) is 3.39. The van der Waals surface area contributed by atoms with Gasteiger partial charge in [0.25, 0.3) is 5.91 Å². The largest absolute Gasteiger partial charge is 0.488 e. The van der Waals surface area contributed by atoms with E-state index in [9.17, 15) is 4.79 Å². The predicted octanol–water partition coefficient (Wildman–Crippen LogP) is 1.35. The Morgan fingerprint density at radius 2 is 2.29 bits per heavy atom. The first-order chi connectivity index (χ1) is 10.1. The number of ether oxygens (including phenoxy) is 1. The average molecular weight is 287 g/mol. The highest BCUT2D eigenvalue weighted by atomic mass is 16.5. The second-order valence-electron chi connectivity index (χ2n) is 5.19. The number of aromatic nitrogens is 1. The molecule has 2 aromatic heterocycles. The lowest BCUT2D eigenvalue weighted by atomic mass is 10.1. The minimum Gasteiger partial charge on any atom is -0.488 e. The minimum atomic E-state index is -0.552. The van der Waals surface area contributed by atoms with E-state index in [0.29, 0.717) is 5.75 Å². The van der Waals surface area contributed by atoms with E-state index in [-0.39, 0.29) is 11.8 Å². The summed E-state index contributed by atoms with van der Waals surface area (Å²) in [6.45, 7) is 4.38. The summed E-state index contributed by atoms with van der Waals surface area (Å²) in [7, 11) is 0. The minimum absolute atomic E-state index is 0.115. The number of nitrogens with zero attached hydrogens (tertiary/aromatic N) is 2. The molecule has 6 heteroatoms. The van der Waals surface area contributed by atoms with Gasteiger partial charge in [-0.15, -0.1) is 0 Å². The maximum atomic E-state index is 11.1.